The van der Waals surface area contributed by atoms with E-state index in [2.05, 4.69) is 40.0 Å². The minimum atomic E-state index is -0.103. The van der Waals surface area contributed by atoms with E-state index in [1.54, 1.807) is 6.07 Å². The first-order chi connectivity index (χ1) is 9.90. The third-order valence-electron chi connectivity index (χ3n) is 5.06. The fraction of sp³-hybridized carbons (Fsp3) is 0.647. The summed E-state index contributed by atoms with van der Waals surface area (Å²) in [5, 5.41) is 3.69. The van der Waals surface area contributed by atoms with Crippen LogP contribution in [0.5, 0.6) is 0 Å². The molecule has 1 aliphatic carbocycles. The number of piperazine rings is 1. The maximum Gasteiger partial charge on any atom is 0.128 e. The Hall–Kier alpha value is -0.450. The lowest BCUT2D eigenvalue weighted by atomic mass is 9.86. The summed E-state index contributed by atoms with van der Waals surface area (Å²) in [5.74, 6) is -0.103. The van der Waals surface area contributed by atoms with Gasteiger partial charge in [0.15, 0.2) is 0 Å². The van der Waals surface area contributed by atoms with E-state index in [4.69, 9.17) is 0 Å². The number of nitrogens with zero attached hydrogens (tertiary/aromatic N) is 1. The Balaban J connectivity index is 1.85. The van der Waals surface area contributed by atoms with Crippen LogP contribution in [0.2, 0.25) is 0 Å². The van der Waals surface area contributed by atoms with Crippen LogP contribution in [0.3, 0.4) is 0 Å². The summed E-state index contributed by atoms with van der Waals surface area (Å²) in [5.41, 5.74) is 1.14. The molecule has 1 saturated heterocycles. The Labute approximate surface area is 135 Å². The Bertz CT molecular complexity index is 524. The normalized spacial score (nSPS) is 24.6. The third-order valence-corrected chi connectivity index (χ3v) is 5.56. The maximum atomic E-state index is 14.2. The molecule has 1 spiro atoms. The van der Waals surface area contributed by atoms with Crippen molar-refractivity contribution in [2.24, 2.45) is 0 Å². The Kier molecular flexibility index (Phi) is 4.15. The van der Waals surface area contributed by atoms with Gasteiger partial charge in [-0.2, -0.15) is 0 Å². The van der Waals surface area contributed by atoms with Crippen LogP contribution in [0.1, 0.15) is 45.1 Å². The summed E-state index contributed by atoms with van der Waals surface area (Å²) in [6.07, 6.45) is 5.05. The SMILES string of the molecule is CC1(C)CN(Cc2ccc(Br)cc2F)C2(CCCC2)CN1. The predicted octanol–water partition coefficient (Wildman–Crippen LogP) is 4.08. The van der Waals surface area contributed by atoms with E-state index in [9.17, 15) is 4.39 Å². The zero-order valence-electron chi connectivity index (χ0n) is 12.9. The van der Waals surface area contributed by atoms with Crippen LogP contribution in [0, 0.1) is 5.82 Å². The van der Waals surface area contributed by atoms with Gasteiger partial charge in [0.2, 0.25) is 0 Å². The summed E-state index contributed by atoms with van der Waals surface area (Å²) in [6, 6.07) is 5.42. The van der Waals surface area contributed by atoms with Crippen molar-refractivity contribution in [3.63, 3.8) is 0 Å². The number of hydrogen-bond donors (Lipinski definition) is 1. The molecule has 116 valence electrons. The van der Waals surface area contributed by atoms with Crippen molar-refractivity contribution in [1.82, 2.24) is 10.2 Å². The maximum absolute atomic E-state index is 14.2. The fourth-order valence-corrected chi connectivity index (χ4v) is 4.15. The monoisotopic (exact) mass is 354 g/mol. The highest BCUT2D eigenvalue weighted by Gasteiger charge is 2.45. The molecule has 2 fully saturated rings. The highest BCUT2D eigenvalue weighted by Crippen LogP contribution is 2.39. The zero-order chi connectivity index (χ0) is 15.1. The van der Waals surface area contributed by atoms with Gasteiger partial charge in [0.1, 0.15) is 5.82 Å². The van der Waals surface area contributed by atoms with Crippen molar-refractivity contribution in [2.45, 2.75) is 57.2 Å². The van der Waals surface area contributed by atoms with Crippen molar-refractivity contribution in [3.05, 3.63) is 34.1 Å². The standard InChI is InChI=1S/C17H24BrFN2/c1-16(2)12-21(17(11-20-16)7-3-4-8-17)10-13-5-6-14(18)9-15(13)19/h5-6,9,20H,3-4,7-8,10-12H2,1-2H3. The molecule has 1 aliphatic heterocycles. The fourth-order valence-electron chi connectivity index (χ4n) is 3.82. The van der Waals surface area contributed by atoms with Crippen molar-refractivity contribution < 1.29 is 4.39 Å². The average Bonchev–Trinajstić information content (AvgIpc) is 2.87. The summed E-state index contributed by atoms with van der Waals surface area (Å²) in [6.45, 7) is 7.18. The van der Waals surface area contributed by atoms with E-state index in [1.165, 1.54) is 25.7 Å². The molecular formula is C17H24BrFN2. The molecule has 1 aromatic carbocycles. The average molecular weight is 355 g/mol. The molecule has 1 saturated carbocycles. The number of rotatable bonds is 2. The Morgan fingerprint density at radius 3 is 2.67 bits per heavy atom. The molecule has 2 nitrogen and oxygen atoms in total. The highest BCUT2D eigenvalue weighted by molar-refractivity contribution is 9.10. The molecule has 21 heavy (non-hydrogen) atoms. The number of benzene rings is 1. The molecular weight excluding hydrogens is 331 g/mol. The van der Waals surface area contributed by atoms with Crippen LogP contribution < -0.4 is 5.32 Å². The minimum absolute atomic E-state index is 0.0969. The molecule has 0 aromatic heterocycles. The van der Waals surface area contributed by atoms with Crippen LogP contribution in [0.4, 0.5) is 4.39 Å². The molecule has 1 N–H and O–H groups in total. The first-order valence-electron chi connectivity index (χ1n) is 7.84. The third kappa shape index (κ3) is 3.17. The second-order valence-corrected chi connectivity index (χ2v) is 8.18. The van der Waals surface area contributed by atoms with Gasteiger partial charge in [-0.1, -0.05) is 34.8 Å². The largest absolute Gasteiger partial charge is 0.309 e. The van der Waals surface area contributed by atoms with Gasteiger partial charge in [-0.15, -0.1) is 0 Å². The van der Waals surface area contributed by atoms with Gasteiger partial charge in [-0.25, -0.2) is 4.39 Å². The number of hydrogen-bond acceptors (Lipinski definition) is 2. The van der Waals surface area contributed by atoms with Crippen molar-refractivity contribution in [2.75, 3.05) is 13.1 Å². The molecule has 1 aromatic rings. The van der Waals surface area contributed by atoms with Gasteiger partial charge in [0.25, 0.3) is 0 Å². The van der Waals surface area contributed by atoms with Crippen LogP contribution >= 0.6 is 15.9 Å². The summed E-state index contributed by atoms with van der Waals surface area (Å²) < 4.78 is 15.0. The van der Waals surface area contributed by atoms with Gasteiger partial charge in [0, 0.05) is 40.7 Å². The van der Waals surface area contributed by atoms with Gasteiger partial charge >= 0.3 is 0 Å². The van der Waals surface area contributed by atoms with Crippen LogP contribution in [-0.2, 0) is 6.54 Å². The second-order valence-electron chi connectivity index (χ2n) is 7.26. The zero-order valence-corrected chi connectivity index (χ0v) is 14.5. The van der Waals surface area contributed by atoms with Crippen LogP contribution in [0.15, 0.2) is 22.7 Å². The lowest BCUT2D eigenvalue weighted by molar-refractivity contribution is 0.0114. The lowest BCUT2D eigenvalue weighted by Crippen LogP contribution is -2.67. The van der Waals surface area contributed by atoms with Gasteiger partial charge in [-0.3, -0.25) is 4.90 Å². The molecule has 0 amide bonds. The van der Waals surface area contributed by atoms with E-state index in [1.807, 2.05) is 12.1 Å². The number of halogens is 2. The molecule has 4 heteroatoms. The minimum Gasteiger partial charge on any atom is -0.309 e. The first-order valence-corrected chi connectivity index (χ1v) is 8.64. The summed E-state index contributed by atoms with van der Waals surface area (Å²) >= 11 is 3.34. The Morgan fingerprint density at radius 1 is 1.29 bits per heavy atom. The molecule has 3 rings (SSSR count). The van der Waals surface area contributed by atoms with Gasteiger partial charge < -0.3 is 5.32 Å². The van der Waals surface area contributed by atoms with Crippen molar-refractivity contribution >= 4 is 15.9 Å². The molecule has 2 aliphatic rings. The van der Waals surface area contributed by atoms with E-state index in [0.29, 0.717) is 6.54 Å². The number of nitrogens with one attached hydrogen (secondary N) is 1. The topological polar surface area (TPSA) is 15.3 Å². The van der Waals surface area contributed by atoms with Crippen LogP contribution in [0.25, 0.3) is 0 Å². The summed E-state index contributed by atoms with van der Waals surface area (Å²) in [7, 11) is 0. The van der Waals surface area contributed by atoms with Gasteiger partial charge in [-0.05, 0) is 38.8 Å². The first kappa shape index (κ1) is 15.4. The second kappa shape index (κ2) is 5.64. The predicted molar refractivity (Wildman–Crippen MR) is 87.8 cm³/mol. The molecule has 0 unspecified atom stereocenters. The van der Waals surface area contributed by atoms with Crippen molar-refractivity contribution in [3.8, 4) is 0 Å². The van der Waals surface area contributed by atoms with Gasteiger partial charge in [0.05, 0.1) is 0 Å². The summed E-state index contributed by atoms with van der Waals surface area (Å²) in [4.78, 5) is 2.53. The Morgan fingerprint density at radius 2 is 2.00 bits per heavy atom. The lowest BCUT2D eigenvalue weighted by Gasteiger charge is -2.51. The molecule has 0 radical (unpaired) electrons. The molecule has 0 atom stereocenters. The van der Waals surface area contributed by atoms with Crippen LogP contribution in [-0.4, -0.2) is 29.1 Å². The van der Waals surface area contributed by atoms with E-state index < -0.39 is 0 Å². The smallest absolute Gasteiger partial charge is 0.128 e. The van der Waals surface area contributed by atoms with E-state index in [0.717, 1.165) is 23.1 Å². The van der Waals surface area contributed by atoms with Crippen molar-refractivity contribution in [1.29, 1.82) is 0 Å². The quantitative estimate of drug-likeness (QED) is 0.860. The van der Waals surface area contributed by atoms with E-state index in [-0.39, 0.29) is 16.9 Å². The molecule has 0 bridgehead atoms. The molecule has 1 heterocycles. The highest BCUT2D eigenvalue weighted by atomic mass is 79.9. The van der Waals surface area contributed by atoms with E-state index >= 15 is 0 Å².